The predicted octanol–water partition coefficient (Wildman–Crippen LogP) is 1.91. The highest BCUT2D eigenvalue weighted by molar-refractivity contribution is 7.90. The molecule has 1 atom stereocenters. The number of rotatable bonds is 3. The molecule has 1 unspecified atom stereocenters. The normalized spacial score (nSPS) is 19.0. The number of hydrogen-bond acceptors (Lipinski definition) is 4. The number of amides is 1. The van der Waals surface area contributed by atoms with Crippen molar-refractivity contribution >= 4 is 17.5 Å². The van der Waals surface area contributed by atoms with Crippen molar-refractivity contribution in [2.24, 2.45) is 5.92 Å². The van der Waals surface area contributed by atoms with Gasteiger partial charge >= 0.3 is 6.09 Å². The third-order valence-corrected chi connectivity index (χ3v) is 4.21. The molecule has 1 saturated heterocycles. The van der Waals surface area contributed by atoms with E-state index in [0.29, 0.717) is 25.6 Å². The Balaban J connectivity index is 2.22. The molecular formula is C13H26N2O3S. The molecule has 1 N–H and O–H groups in total. The lowest BCUT2D eigenvalue weighted by atomic mass is 10.0. The van der Waals surface area contributed by atoms with Gasteiger partial charge < -0.3 is 14.2 Å². The van der Waals surface area contributed by atoms with Crippen LogP contribution in [-0.4, -0.2) is 45.5 Å². The van der Waals surface area contributed by atoms with E-state index in [-0.39, 0.29) is 10.8 Å². The van der Waals surface area contributed by atoms with Gasteiger partial charge in [-0.15, -0.1) is 4.72 Å². The summed E-state index contributed by atoms with van der Waals surface area (Å²) in [6, 6.07) is 0. The average Bonchev–Trinajstić information content (AvgIpc) is 2.09. The summed E-state index contributed by atoms with van der Waals surface area (Å²) in [5.41, 5.74) is -0.450. The summed E-state index contributed by atoms with van der Waals surface area (Å²) < 4.78 is 19.9. The second-order valence-corrected chi connectivity index (χ2v) is 9.03. The first-order valence-corrected chi connectivity index (χ1v) is 7.77. The van der Waals surface area contributed by atoms with Gasteiger partial charge in [-0.25, -0.2) is 4.79 Å². The monoisotopic (exact) mass is 290 g/mol. The molecule has 1 fully saturated rings. The maximum absolute atomic E-state index is 11.8. The summed E-state index contributed by atoms with van der Waals surface area (Å²) in [4.78, 5) is 13.4. The average molecular weight is 290 g/mol. The lowest BCUT2D eigenvalue weighted by Gasteiger charge is -2.40. The summed E-state index contributed by atoms with van der Waals surface area (Å²) >= 11 is -1.05. The minimum Gasteiger partial charge on any atom is -0.598 e. The number of ether oxygens (including phenoxy) is 1. The lowest BCUT2D eigenvalue weighted by molar-refractivity contribution is -0.000101. The molecule has 0 bridgehead atoms. The van der Waals surface area contributed by atoms with Gasteiger partial charge in [-0.3, -0.25) is 0 Å². The Kier molecular flexibility index (Phi) is 5.15. The Bertz CT molecular complexity index is 317. The van der Waals surface area contributed by atoms with E-state index in [9.17, 15) is 9.35 Å². The van der Waals surface area contributed by atoms with Crippen LogP contribution in [0.2, 0.25) is 0 Å². The minimum atomic E-state index is -1.05. The molecule has 0 aromatic carbocycles. The topological polar surface area (TPSA) is 64.6 Å². The Morgan fingerprint density at radius 1 is 1.32 bits per heavy atom. The van der Waals surface area contributed by atoms with Crippen LogP contribution in [0.4, 0.5) is 4.79 Å². The predicted molar refractivity (Wildman–Crippen MR) is 77.2 cm³/mol. The molecule has 1 aliphatic rings. The van der Waals surface area contributed by atoms with Crippen LogP contribution in [0.25, 0.3) is 0 Å². The van der Waals surface area contributed by atoms with Gasteiger partial charge in [0, 0.05) is 36.9 Å². The van der Waals surface area contributed by atoms with Crippen molar-refractivity contribution in [1.82, 2.24) is 9.62 Å². The van der Waals surface area contributed by atoms with Crippen LogP contribution in [0, 0.1) is 5.92 Å². The number of hydrogen-bond donors (Lipinski definition) is 1. The highest BCUT2D eigenvalue weighted by atomic mass is 32.2. The molecule has 6 heteroatoms. The zero-order valence-electron chi connectivity index (χ0n) is 12.8. The van der Waals surface area contributed by atoms with Gasteiger partial charge in [0.25, 0.3) is 0 Å². The summed E-state index contributed by atoms with van der Waals surface area (Å²) in [7, 11) is 0. The van der Waals surface area contributed by atoms with E-state index in [2.05, 4.69) is 4.72 Å². The maximum Gasteiger partial charge on any atom is 0.410 e. The van der Waals surface area contributed by atoms with Crippen molar-refractivity contribution in [3.63, 3.8) is 0 Å². The van der Waals surface area contributed by atoms with E-state index in [0.717, 1.165) is 0 Å². The van der Waals surface area contributed by atoms with Gasteiger partial charge in [0.15, 0.2) is 0 Å². The molecule has 19 heavy (non-hydrogen) atoms. The molecule has 0 saturated carbocycles. The van der Waals surface area contributed by atoms with E-state index < -0.39 is 17.0 Å². The number of nitrogens with one attached hydrogen (secondary N) is 1. The molecule has 0 aliphatic carbocycles. The molecule has 1 amide bonds. The van der Waals surface area contributed by atoms with E-state index in [1.54, 1.807) is 4.90 Å². The zero-order chi connectivity index (χ0) is 14.8. The third-order valence-electron chi connectivity index (χ3n) is 2.67. The number of likely N-dealkylation sites (tertiary alicyclic amines) is 1. The highest BCUT2D eigenvalue weighted by Crippen LogP contribution is 2.20. The van der Waals surface area contributed by atoms with Crippen molar-refractivity contribution < 1.29 is 14.1 Å². The fourth-order valence-electron chi connectivity index (χ4n) is 1.58. The zero-order valence-corrected chi connectivity index (χ0v) is 13.6. The van der Waals surface area contributed by atoms with Crippen LogP contribution in [0.5, 0.6) is 0 Å². The van der Waals surface area contributed by atoms with E-state index >= 15 is 0 Å². The second-order valence-electron chi connectivity index (χ2n) is 6.98. The molecular weight excluding hydrogens is 264 g/mol. The van der Waals surface area contributed by atoms with Gasteiger partial charge in [-0.2, -0.15) is 0 Å². The van der Waals surface area contributed by atoms with E-state index in [4.69, 9.17) is 4.74 Å². The van der Waals surface area contributed by atoms with Gasteiger partial charge in [0.2, 0.25) is 0 Å². The van der Waals surface area contributed by atoms with Crippen LogP contribution in [0.3, 0.4) is 0 Å². The summed E-state index contributed by atoms with van der Waals surface area (Å²) in [6.07, 6.45) is -0.263. The molecule has 1 aliphatic heterocycles. The molecule has 1 heterocycles. The van der Waals surface area contributed by atoms with Crippen LogP contribution in [-0.2, 0) is 16.1 Å². The van der Waals surface area contributed by atoms with Crippen LogP contribution in [0.1, 0.15) is 41.5 Å². The van der Waals surface area contributed by atoms with Crippen molar-refractivity contribution in [3.8, 4) is 0 Å². The molecule has 5 nitrogen and oxygen atoms in total. The lowest BCUT2D eigenvalue weighted by Crippen LogP contribution is -2.55. The first kappa shape index (κ1) is 16.6. The van der Waals surface area contributed by atoms with Crippen molar-refractivity contribution in [2.45, 2.75) is 51.9 Å². The van der Waals surface area contributed by atoms with Gasteiger partial charge in [0.1, 0.15) is 10.3 Å². The summed E-state index contributed by atoms with van der Waals surface area (Å²) in [6.45, 7) is 13.4. The number of carbonyl (C=O) groups excluding carboxylic acids is 1. The largest absolute Gasteiger partial charge is 0.598 e. The molecule has 112 valence electrons. The van der Waals surface area contributed by atoms with Crippen molar-refractivity contribution in [1.29, 1.82) is 0 Å². The third kappa shape index (κ3) is 5.58. The quantitative estimate of drug-likeness (QED) is 0.806. The Morgan fingerprint density at radius 3 is 2.26 bits per heavy atom. The van der Waals surface area contributed by atoms with E-state index in [1.807, 2.05) is 41.5 Å². The Hall–Kier alpha value is -0.460. The van der Waals surface area contributed by atoms with Crippen molar-refractivity contribution in [2.75, 3.05) is 19.6 Å². The SMILES string of the molecule is CC(C)(C)OC(=O)N1CC(CN[S+]([O-])C(C)(C)C)C1. The molecule has 1 rings (SSSR count). The molecule has 0 aromatic rings. The first-order valence-electron chi connectivity index (χ1n) is 6.62. The molecule has 0 radical (unpaired) electrons. The second kappa shape index (κ2) is 5.89. The summed E-state index contributed by atoms with van der Waals surface area (Å²) in [5.74, 6) is 0.360. The maximum atomic E-state index is 11.8. The van der Waals surface area contributed by atoms with Gasteiger partial charge in [0.05, 0.1) is 0 Å². The molecule has 0 aromatic heterocycles. The summed E-state index contributed by atoms with van der Waals surface area (Å²) in [5, 5.41) is 0. The Morgan fingerprint density at radius 2 is 1.84 bits per heavy atom. The van der Waals surface area contributed by atoms with Crippen LogP contribution < -0.4 is 4.72 Å². The van der Waals surface area contributed by atoms with Gasteiger partial charge in [-0.05, 0) is 41.5 Å². The molecule has 0 spiro atoms. The van der Waals surface area contributed by atoms with Gasteiger partial charge in [-0.1, -0.05) is 0 Å². The standard InChI is InChI=1S/C13H26N2O3S/c1-12(2,3)18-11(16)15-8-10(9-15)7-14-19(17)13(4,5)6/h10,14H,7-9H2,1-6H3. The fourth-order valence-corrected chi connectivity index (χ4v) is 2.40. The first-order chi connectivity index (χ1) is 8.49. The number of carbonyl (C=O) groups is 1. The van der Waals surface area contributed by atoms with Crippen molar-refractivity contribution in [3.05, 3.63) is 0 Å². The minimum absolute atomic E-state index is 0.255. The van der Waals surface area contributed by atoms with E-state index in [1.165, 1.54) is 0 Å². The highest BCUT2D eigenvalue weighted by Gasteiger charge is 2.35. The smallest absolute Gasteiger partial charge is 0.410 e. The number of nitrogens with zero attached hydrogens (tertiary/aromatic N) is 1. The fraction of sp³-hybridized carbons (Fsp3) is 0.923. The van der Waals surface area contributed by atoms with Crippen LogP contribution in [0.15, 0.2) is 0 Å². The Labute approximate surface area is 119 Å². The van der Waals surface area contributed by atoms with Crippen LogP contribution >= 0.6 is 0 Å².